The minimum absolute atomic E-state index is 0.118. The largest absolute Gasteiger partial charge is 0.393 e. The van der Waals surface area contributed by atoms with E-state index in [2.05, 4.69) is 0 Å². The lowest BCUT2D eigenvalue weighted by atomic mass is 9.70. The fourth-order valence-corrected chi connectivity index (χ4v) is 4.65. The van der Waals surface area contributed by atoms with Crippen LogP contribution in [0.3, 0.4) is 0 Å². The molecule has 0 aromatic carbocycles. The van der Waals surface area contributed by atoms with Gasteiger partial charge < -0.3 is 10.2 Å². The zero-order valence-electron chi connectivity index (χ0n) is 8.00. The Morgan fingerprint density at radius 3 is 2.62 bits per heavy atom. The highest BCUT2D eigenvalue weighted by Gasteiger charge is 2.66. The van der Waals surface area contributed by atoms with E-state index < -0.39 is 0 Å². The second kappa shape index (κ2) is 2.29. The van der Waals surface area contributed by atoms with Gasteiger partial charge >= 0.3 is 0 Å². The van der Waals surface area contributed by atoms with Crippen LogP contribution in [0.1, 0.15) is 44.9 Å². The van der Waals surface area contributed by atoms with Crippen molar-refractivity contribution in [3.63, 3.8) is 0 Å². The summed E-state index contributed by atoms with van der Waals surface area (Å²) in [5.41, 5.74) is 0.470. The van der Waals surface area contributed by atoms with E-state index in [1.54, 1.807) is 0 Å². The van der Waals surface area contributed by atoms with Crippen LogP contribution in [0.15, 0.2) is 0 Å². The van der Waals surface area contributed by atoms with E-state index in [1.165, 1.54) is 12.8 Å². The van der Waals surface area contributed by atoms with E-state index in [0.717, 1.165) is 32.1 Å². The molecule has 0 radical (unpaired) electrons. The van der Waals surface area contributed by atoms with Crippen molar-refractivity contribution in [2.45, 2.75) is 57.2 Å². The van der Waals surface area contributed by atoms with Crippen LogP contribution in [0.25, 0.3) is 0 Å². The van der Waals surface area contributed by atoms with Gasteiger partial charge in [-0.1, -0.05) is 6.42 Å². The Morgan fingerprint density at radius 1 is 1.00 bits per heavy atom. The summed E-state index contributed by atoms with van der Waals surface area (Å²) in [6.07, 6.45) is 7.40. The summed E-state index contributed by atoms with van der Waals surface area (Å²) in [7, 11) is 0. The minimum atomic E-state index is -0.129. The van der Waals surface area contributed by atoms with Crippen LogP contribution in [-0.4, -0.2) is 22.4 Å². The van der Waals surface area contributed by atoms with Crippen molar-refractivity contribution in [3.8, 4) is 0 Å². The summed E-state index contributed by atoms with van der Waals surface area (Å²) in [6, 6.07) is 0. The maximum Gasteiger partial charge on any atom is 0.0602 e. The molecular weight excluding hydrogens is 164 g/mol. The lowest BCUT2D eigenvalue weighted by Crippen LogP contribution is -2.34. The van der Waals surface area contributed by atoms with Gasteiger partial charge in [-0.05, 0) is 43.9 Å². The molecule has 3 aliphatic rings. The number of rotatable bonds is 0. The Morgan fingerprint density at radius 2 is 1.85 bits per heavy atom. The monoisotopic (exact) mass is 182 g/mol. The first-order valence-electron chi connectivity index (χ1n) is 5.55. The molecule has 0 amide bonds. The third kappa shape index (κ3) is 0.774. The molecule has 3 rings (SSSR count). The van der Waals surface area contributed by atoms with Crippen LogP contribution in [0, 0.1) is 10.8 Å². The van der Waals surface area contributed by atoms with E-state index in [4.69, 9.17) is 0 Å². The summed E-state index contributed by atoms with van der Waals surface area (Å²) in [5, 5.41) is 19.8. The molecule has 2 N–H and O–H groups in total. The minimum Gasteiger partial charge on any atom is -0.393 e. The van der Waals surface area contributed by atoms with Crippen molar-refractivity contribution < 1.29 is 10.2 Å². The molecule has 0 heterocycles. The lowest BCUT2D eigenvalue weighted by Gasteiger charge is -2.35. The van der Waals surface area contributed by atoms with Crippen molar-refractivity contribution in [1.29, 1.82) is 0 Å². The van der Waals surface area contributed by atoms with Gasteiger partial charge in [-0.25, -0.2) is 0 Å². The van der Waals surface area contributed by atoms with Crippen LogP contribution in [0.5, 0.6) is 0 Å². The summed E-state index contributed by atoms with van der Waals surface area (Å²) in [5.74, 6) is 0. The van der Waals surface area contributed by atoms with Gasteiger partial charge in [0.2, 0.25) is 0 Å². The molecule has 0 aromatic heterocycles. The molecule has 0 saturated heterocycles. The molecule has 4 atom stereocenters. The quantitative estimate of drug-likeness (QED) is 0.595. The van der Waals surface area contributed by atoms with Crippen LogP contribution in [0.2, 0.25) is 0 Å². The van der Waals surface area contributed by atoms with Gasteiger partial charge in [-0.3, -0.25) is 0 Å². The van der Waals surface area contributed by atoms with E-state index in [-0.39, 0.29) is 17.6 Å². The van der Waals surface area contributed by atoms with E-state index >= 15 is 0 Å². The Bertz CT molecular complexity index is 240. The average molecular weight is 182 g/mol. The molecular formula is C11H18O2. The van der Waals surface area contributed by atoms with E-state index in [0.29, 0.717) is 5.41 Å². The van der Waals surface area contributed by atoms with E-state index in [1.807, 2.05) is 0 Å². The second-order valence-corrected chi connectivity index (χ2v) is 5.41. The van der Waals surface area contributed by atoms with Crippen LogP contribution in [-0.2, 0) is 0 Å². The Kier molecular flexibility index (Phi) is 1.45. The highest BCUT2D eigenvalue weighted by molar-refractivity contribution is 5.16. The summed E-state index contributed by atoms with van der Waals surface area (Å²) < 4.78 is 0. The molecule has 0 bridgehead atoms. The molecule has 2 unspecified atom stereocenters. The Labute approximate surface area is 79.0 Å². The smallest absolute Gasteiger partial charge is 0.0602 e. The SMILES string of the molecule is O[C@@H]1CC23CCCC2(C1)[C@@H](O)CC3. The first kappa shape index (κ1) is 8.25. The summed E-state index contributed by atoms with van der Waals surface area (Å²) in [4.78, 5) is 0. The molecule has 0 aromatic rings. The normalized spacial score (nSPS) is 59.5. The zero-order chi connectivity index (χ0) is 9.10. The molecule has 74 valence electrons. The first-order valence-corrected chi connectivity index (χ1v) is 5.55. The van der Waals surface area contributed by atoms with Crippen molar-refractivity contribution in [3.05, 3.63) is 0 Å². The molecule has 3 aliphatic carbocycles. The molecule has 3 saturated carbocycles. The molecule has 3 fully saturated rings. The molecule has 2 heteroatoms. The second-order valence-electron chi connectivity index (χ2n) is 5.41. The number of hydrogen-bond acceptors (Lipinski definition) is 2. The zero-order valence-corrected chi connectivity index (χ0v) is 8.00. The molecule has 2 nitrogen and oxygen atoms in total. The van der Waals surface area contributed by atoms with Gasteiger partial charge in [0.15, 0.2) is 0 Å². The van der Waals surface area contributed by atoms with E-state index in [9.17, 15) is 10.2 Å². The molecule has 0 aliphatic heterocycles. The number of hydrogen-bond donors (Lipinski definition) is 2. The topological polar surface area (TPSA) is 40.5 Å². The van der Waals surface area contributed by atoms with Crippen LogP contribution < -0.4 is 0 Å². The maximum atomic E-state index is 10.1. The van der Waals surface area contributed by atoms with Gasteiger partial charge in [0, 0.05) is 5.41 Å². The fraction of sp³-hybridized carbons (Fsp3) is 1.00. The van der Waals surface area contributed by atoms with Gasteiger partial charge in [0.25, 0.3) is 0 Å². The molecule has 13 heavy (non-hydrogen) atoms. The summed E-state index contributed by atoms with van der Waals surface area (Å²) >= 11 is 0. The maximum absolute atomic E-state index is 10.1. The standard InChI is InChI=1S/C11H18O2/c12-8-6-10-3-1-4-11(10,7-8)9(13)2-5-10/h8-9,12-13H,1-7H2/t8-,9+,10?,11?/m1/s1. The highest BCUT2D eigenvalue weighted by Crippen LogP contribution is 2.70. The Balaban J connectivity index is 2.05. The highest BCUT2D eigenvalue weighted by atomic mass is 16.3. The van der Waals surface area contributed by atoms with Gasteiger partial charge in [-0.2, -0.15) is 0 Å². The van der Waals surface area contributed by atoms with Crippen molar-refractivity contribution in [2.75, 3.05) is 0 Å². The third-order valence-electron chi connectivity index (χ3n) is 5.09. The van der Waals surface area contributed by atoms with Crippen molar-refractivity contribution in [2.24, 2.45) is 10.8 Å². The Hall–Kier alpha value is -0.0800. The lowest BCUT2D eigenvalue weighted by molar-refractivity contribution is 0.0128. The predicted molar refractivity (Wildman–Crippen MR) is 49.2 cm³/mol. The van der Waals surface area contributed by atoms with Gasteiger partial charge in [0.05, 0.1) is 12.2 Å². The first-order chi connectivity index (χ1) is 6.19. The third-order valence-corrected chi connectivity index (χ3v) is 5.09. The van der Waals surface area contributed by atoms with Crippen molar-refractivity contribution in [1.82, 2.24) is 0 Å². The van der Waals surface area contributed by atoms with Crippen molar-refractivity contribution >= 4 is 0 Å². The molecule has 0 spiro atoms. The summed E-state index contributed by atoms with van der Waals surface area (Å²) in [6.45, 7) is 0. The van der Waals surface area contributed by atoms with Crippen LogP contribution >= 0.6 is 0 Å². The number of aliphatic hydroxyl groups excluding tert-OH is 2. The van der Waals surface area contributed by atoms with Gasteiger partial charge in [-0.15, -0.1) is 0 Å². The average Bonchev–Trinajstić information content (AvgIpc) is 2.58. The number of aliphatic hydroxyl groups is 2. The van der Waals surface area contributed by atoms with Gasteiger partial charge in [0.1, 0.15) is 0 Å². The predicted octanol–water partition coefficient (Wildman–Crippen LogP) is 1.45. The fourth-order valence-electron chi connectivity index (χ4n) is 4.65. The van der Waals surface area contributed by atoms with Crippen LogP contribution in [0.4, 0.5) is 0 Å².